The lowest BCUT2D eigenvalue weighted by Gasteiger charge is -2.20. The van der Waals surface area contributed by atoms with Crippen LogP contribution >= 0.6 is 0 Å². The molecule has 0 aliphatic rings. The molecule has 0 aliphatic heterocycles. The third-order valence-electron chi connectivity index (χ3n) is 0.610. The highest BCUT2D eigenvalue weighted by molar-refractivity contribution is 5.67. The van der Waals surface area contributed by atoms with E-state index >= 15 is 0 Å². The van der Waals surface area contributed by atoms with E-state index < -0.39 is 5.97 Å². The second kappa shape index (κ2) is 3.42. The van der Waals surface area contributed by atoms with Gasteiger partial charge in [0.15, 0.2) is 6.54 Å². The first-order chi connectivity index (χ1) is 3.42. The summed E-state index contributed by atoms with van der Waals surface area (Å²) in [4.78, 5) is 10.00. The van der Waals surface area contributed by atoms with E-state index in [9.17, 15) is 4.79 Å². The molecule has 0 aromatic rings. The summed E-state index contributed by atoms with van der Waals surface area (Å²) < 4.78 is 0.481. The molecule has 0 amide bonds. The van der Waals surface area contributed by atoms with E-state index in [2.05, 4.69) is 0 Å². The zero-order valence-corrected chi connectivity index (χ0v) is 6.01. The van der Waals surface area contributed by atoms with Gasteiger partial charge in [-0.15, -0.1) is 0 Å². The Bertz CT molecular complexity index is 99.6. The summed E-state index contributed by atoms with van der Waals surface area (Å²) in [6.45, 7) is 0.181. The van der Waals surface area contributed by atoms with Gasteiger partial charge in [0.1, 0.15) is 0 Å². The molecular weight excluding hydrogens is 122 g/mol. The molecule has 0 unspecified atom stereocenters. The van der Waals surface area contributed by atoms with Crippen molar-refractivity contribution in [2.75, 3.05) is 27.7 Å². The Labute approximate surface area is 56.1 Å². The summed E-state index contributed by atoms with van der Waals surface area (Å²) >= 11 is 0. The lowest BCUT2D eigenvalue weighted by atomic mass is 10.5. The summed E-state index contributed by atoms with van der Waals surface area (Å²) in [5.74, 6) is -0.752. The van der Waals surface area contributed by atoms with Crippen molar-refractivity contribution in [3.8, 4) is 0 Å². The maximum absolute atomic E-state index is 10.00. The van der Waals surface area contributed by atoms with Crippen LogP contribution in [0.1, 0.15) is 1.43 Å². The molecule has 56 valence electrons. The van der Waals surface area contributed by atoms with E-state index in [4.69, 9.17) is 5.11 Å². The Morgan fingerprint density at radius 3 is 1.89 bits per heavy atom. The number of rotatable bonds is 2. The van der Waals surface area contributed by atoms with Crippen molar-refractivity contribution in [2.24, 2.45) is 0 Å². The number of quaternary nitrogens is 1. The zero-order chi connectivity index (χ0) is 6.78. The van der Waals surface area contributed by atoms with E-state index in [0.29, 0.717) is 4.48 Å². The van der Waals surface area contributed by atoms with Crippen LogP contribution in [0.25, 0.3) is 0 Å². The molecule has 0 radical (unpaired) electrons. The number of hydrogen-bond acceptors (Lipinski definition) is 1. The molecule has 0 aliphatic carbocycles. The van der Waals surface area contributed by atoms with Gasteiger partial charge in [0.05, 0.1) is 21.1 Å². The third-order valence-corrected chi connectivity index (χ3v) is 0.610. The van der Waals surface area contributed by atoms with Gasteiger partial charge in [-0.05, 0) is 0 Å². The highest BCUT2D eigenvalue weighted by Gasteiger charge is 2.11. The smallest absolute Gasteiger partial charge is 0.477 e. The van der Waals surface area contributed by atoms with Gasteiger partial charge in [0.2, 0.25) is 0 Å². The first-order valence-electron chi connectivity index (χ1n) is 2.44. The van der Waals surface area contributed by atoms with Crippen molar-refractivity contribution >= 4 is 5.97 Å². The van der Waals surface area contributed by atoms with Crippen molar-refractivity contribution in [1.29, 1.82) is 0 Å². The molecule has 0 aromatic carbocycles. The molecule has 0 fully saturated rings. The van der Waals surface area contributed by atoms with Crippen molar-refractivity contribution < 1.29 is 21.3 Å². The minimum absolute atomic E-state index is 0. The highest BCUT2D eigenvalue weighted by Crippen LogP contribution is 1.86. The topological polar surface area (TPSA) is 68.8 Å². The zero-order valence-electron chi connectivity index (χ0n) is 7.01. The molecule has 0 saturated heterocycles. The van der Waals surface area contributed by atoms with Crippen LogP contribution in [-0.2, 0) is 4.79 Å². The molecule has 9 heavy (non-hydrogen) atoms. The standard InChI is InChI=1S/C5H11NO2.H2O/c1-6(2,3)4-5(7)8;/h4H2,1-3H3;1H2/p+2. The normalized spacial score (nSPS) is 10.1. The van der Waals surface area contributed by atoms with Gasteiger partial charge in [-0.25, -0.2) is 4.79 Å². The van der Waals surface area contributed by atoms with Crippen molar-refractivity contribution in [3.05, 3.63) is 0 Å². The van der Waals surface area contributed by atoms with Crippen LogP contribution in [0, 0.1) is 0 Å². The molecule has 0 spiro atoms. The molecule has 0 saturated carbocycles. The van der Waals surface area contributed by atoms with E-state index in [1.165, 1.54) is 0 Å². The summed E-state index contributed by atoms with van der Waals surface area (Å²) in [5, 5.41) is 8.23. The monoisotopic (exact) mass is 137 g/mol. The number of aliphatic carboxylic acids is 1. The minimum atomic E-state index is -0.752. The third kappa shape index (κ3) is 11.1. The quantitative estimate of drug-likeness (QED) is 0.499. The van der Waals surface area contributed by atoms with Gasteiger partial charge in [-0.1, -0.05) is 0 Å². The van der Waals surface area contributed by atoms with E-state index in [1.54, 1.807) is 0 Å². The molecule has 4 nitrogen and oxygen atoms in total. The number of carboxylic acid groups (broad SMARTS) is 1. The largest absolute Gasteiger partial charge is 1.00 e. The summed E-state index contributed by atoms with van der Waals surface area (Å²) in [6, 6.07) is 0. The predicted molar refractivity (Wildman–Crippen MR) is 35.3 cm³/mol. The average Bonchev–Trinajstić information content (AvgIpc) is 1.21. The second-order valence-corrected chi connectivity index (χ2v) is 2.84. The fraction of sp³-hybridized carbons (Fsp3) is 0.800. The van der Waals surface area contributed by atoms with E-state index in [0.717, 1.165) is 0 Å². The van der Waals surface area contributed by atoms with Gasteiger partial charge < -0.3 is 15.1 Å². The molecular formula is C5H15NO3+2. The summed E-state index contributed by atoms with van der Waals surface area (Å²) in [6.07, 6.45) is 0. The van der Waals surface area contributed by atoms with Crippen LogP contribution in [0.15, 0.2) is 0 Å². The molecule has 4 heteroatoms. The number of carboxylic acids is 1. The van der Waals surface area contributed by atoms with Crippen molar-refractivity contribution in [2.45, 2.75) is 0 Å². The lowest BCUT2D eigenvalue weighted by molar-refractivity contribution is -0.862. The fourth-order valence-electron chi connectivity index (χ4n) is 0.406. The number of nitrogens with zero attached hydrogens (tertiary/aromatic N) is 1. The number of hydrogen-bond donors (Lipinski definition) is 1. The van der Waals surface area contributed by atoms with Crippen molar-refractivity contribution in [3.63, 3.8) is 0 Å². The van der Waals surface area contributed by atoms with Crippen LogP contribution in [0.5, 0.6) is 0 Å². The number of carbonyl (C=O) groups is 1. The fourth-order valence-corrected chi connectivity index (χ4v) is 0.406. The molecule has 0 aromatic heterocycles. The van der Waals surface area contributed by atoms with Gasteiger partial charge in [0, 0.05) is 0 Å². The molecule has 0 rings (SSSR count). The van der Waals surface area contributed by atoms with Gasteiger partial charge >= 0.3 is 7.40 Å². The van der Waals surface area contributed by atoms with E-state index in [-0.39, 0.29) is 13.4 Å². The Balaban J connectivity index is -0.000000245. The SMILES string of the molecule is C[N+](C)(C)CC(=O)O.O.[H+]. The van der Waals surface area contributed by atoms with Crippen LogP contribution in [0.3, 0.4) is 0 Å². The Kier molecular flexibility index (Phi) is 4.27. The summed E-state index contributed by atoms with van der Waals surface area (Å²) in [5.41, 5.74) is 0. The molecule has 0 atom stereocenters. The van der Waals surface area contributed by atoms with Gasteiger partial charge in [0.25, 0.3) is 0 Å². The first kappa shape index (κ1) is 11.2. The predicted octanol–water partition coefficient (Wildman–Crippen LogP) is -0.935. The van der Waals surface area contributed by atoms with Gasteiger partial charge in [-0.3, -0.25) is 0 Å². The Morgan fingerprint density at radius 2 is 1.89 bits per heavy atom. The average molecular weight is 137 g/mol. The Hall–Kier alpha value is -0.610. The summed E-state index contributed by atoms with van der Waals surface area (Å²) in [7, 11) is 5.52. The maximum atomic E-state index is 10.00. The van der Waals surface area contributed by atoms with Crippen LogP contribution in [-0.4, -0.2) is 48.7 Å². The number of likely N-dealkylation sites (N-methyl/N-ethyl adjacent to an activating group) is 1. The van der Waals surface area contributed by atoms with Crippen molar-refractivity contribution in [1.82, 2.24) is 0 Å². The van der Waals surface area contributed by atoms with Gasteiger partial charge in [-0.2, -0.15) is 0 Å². The van der Waals surface area contributed by atoms with Crippen LogP contribution in [0.2, 0.25) is 0 Å². The molecule has 0 heterocycles. The van der Waals surface area contributed by atoms with Crippen LogP contribution in [0.4, 0.5) is 0 Å². The Morgan fingerprint density at radius 1 is 1.56 bits per heavy atom. The molecule has 3 N–H and O–H groups in total. The minimum Gasteiger partial charge on any atom is -0.477 e. The van der Waals surface area contributed by atoms with E-state index in [1.807, 2.05) is 21.1 Å². The highest BCUT2D eigenvalue weighted by atomic mass is 16.4. The second-order valence-electron chi connectivity index (χ2n) is 2.84. The maximum Gasteiger partial charge on any atom is 1.00 e. The molecule has 0 bridgehead atoms. The lowest BCUT2D eigenvalue weighted by Crippen LogP contribution is -2.39. The van der Waals surface area contributed by atoms with Crippen LogP contribution < -0.4 is 0 Å². The first-order valence-corrected chi connectivity index (χ1v) is 2.44.